The Balaban J connectivity index is 1.81. The van der Waals surface area contributed by atoms with Gasteiger partial charge in [0.2, 0.25) is 0 Å². The predicted molar refractivity (Wildman–Crippen MR) is 45.4 cm³/mol. The van der Waals surface area contributed by atoms with Gasteiger partial charge in [-0.1, -0.05) is 0 Å². The number of hydrogen-bond donors (Lipinski definition) is 2. The van der Waals surface area contributed by atoms with E-state index in [1.807, 2.05) is 0 Å². The molecule has 1 heterocycles. The highest BCUT2D eigenvalue weighted by molar-refractivity contribution is 5.11. The second-order valence-electron chi connectivity index (χ2n) is 4.44. The molecule has 68 valence electrons. The molecule has 0 aromatic rings. The van der Waals surface area contributed by atoms with Crippen molar-refractivity contribution in [3.05, 3.63) is 0 Å². The van der Waals surface area contributed by atoms with E-state index in [-0.39, 0.29) is 0 Å². The van der Waals surface area contributed by atoms with Gasteiger partial charge in [0.15, 0.2) is 0 Å². The minimum absolute atomic E-state index is 0.582. The van der Waals surface area contributed by atoms with Gasteiger partial charge in [-0.15, -0.1) is 0 Å². The first-order valence-corrected chi connectivity index (χ1v) is 4.92. The second-order valence-corrected chi connectivity index (χ2v) is 4.44. The molecule has 0 amide bonds. The van der Waals surface area contributed by atoms with Crippen LogP contribution in [0.2, 0.25) is 0 Å². The summed E-state index contributed by atoms with van der Waals surface area (Å²) >= 11 is 0. The zero-order valence-corrected chi connectivity index (χ0v) is 7.42. The zero-order chi connectivity index (χ0) is 8.13. The van der Waals surface area contributed by atoms with Crippen LogP contribution in [0.1, 0.15) is 12.8 Å². The molecule has 12 heavy (non-hydrogen) atoms. The Hall–Kier alpha value is -0.120. The van der Waals surface area contributed by atoms with Crippen LogP contribution in [0.5, 0.6) is 0 Å². The lowest BCUT2D eigenvalue weighted by atomic mass is 9.87. The van der Waals surface area contributed by atoms with Crippen molar-refractivity contribution in [1.29, 1.82) is 0 Å². The fourth-order valence-corrected chi connectivity index (χ4v) is 3.60. The molecule has 3 rings (SSSR count). The number of nitrogens with one attached hydrogen (secondary N) is 2. The smallest absolute Gasteiger partial charge is 0.0572 e. The van der Waals surface area contributed by atoms with Crippen molar-refractivity contribution >= 4 is 0 Å². The first-order valence-electron chi connectivity index (χ1n) is 4.92. The monoisotopic (exact) mass is 168 g/mol. The third kappa shape index (κ3) is 0.767. The van der Waals surface area contributed by atoms with Gasteiger partial charge in [0.25, 0.3) is 0 Å². The molecule has 2 saturated carbocycles. The van der Waals surface area contributed by atoms with E-state index in [0.29, 0.717) is 12.1 Å². The summed E-state index contributed by atoms with van der Waals surface area (Å²) in [6.45, 7) is 1.24. The van der Waals surface area contributed by atoms with Crippen molar-refractivity contribution < 1.29 is 4.84 Å². The van der Waals surface area contributed by atoms with Crippen LogP contribution in [0.4, 0.5) is 0 Å². The van der Waals surface area contributed by atoms with Gasteiger partial charge in [0, 0.05) is 6.04 Å². The zero-order valence-electron chi connectivity index (χ0n) is 7.42. The lowest BCUT2D eigenvalue weighted by Gasteiger charge is -2.27. The number of rotatable bonds is 2. The van der Waals surface area contributed by atoms with E-state index in [9.17, 15) is 0 Å². The molecule has 3 aliphatic rings. The normalized spacial score (nSPS) is 55.2. The van der Waals surface area contributed by atoms with Crippen LogP contribution in [0.3, 0.4) is 0 Å². The Morgan fingerprint density at radius 2 is 2.25 bits per heavy atom. The molecular formula is C9H16N2O. The molecule has 3 fully saturated rings. The highest BCUT2D eigenvalue weighted by Gasteiger charge is 2.55. The Kier molecular flexibility index (Phi) is 1.48. The largest absolute Gasteiger partial charge is 0.312 e. The third-order valence-corrected chi connectivity index (χ3v) is 4.01. The molecule has 1 saturated heterocycles. The predicted octanol–water partition coefficient (Wildman–Crippen LogP) is 0.134. The molecule has 0 aromatic heterocycles. The highest BCUT2D eigenvalue weighted by atomic mass is 16.6. The van der Waals surface area contributed by atoms with E-state index in [1.54, 1.807) is 7.11 Å². The lowest BCUT2D eigenvalue weighted by Crippen LogP contribution is -2.46. The van der Waals surface area contributed by atoms with Gasteiger partial charge in [-0.2, -0.15) is 5.48 Å². The molecular weight excluding hydrogens is 152 g/mol. The molecule has 0 spiro atoms. The fraction of sp³-hybridized carbons (Fsp3) is 1.00. The minimum Gasteiger partial charge on any atom is -0.312 e. The third-order valence-electron chi connectivity index (χ3n) is 4.01. The summed E-state index contributed by atoms with van der Waals surface area (Å²) in [4.78, 5) is 5.04. The van der Waals surface area contributed by atoms with Crippen molar-refractivity contribution in [3.8, 4) is 0 Å². The van der Waals surface area contributed by atoms with E-state index >= 15 is 0 Å². The Labute approximate surface area is 72.8 Å². The van der Waals surface area contributed by atoms with E-state index in [4.69, 9.17) is 4.84 Å². The topological polar surface area (TPSA) is 33.3 Å². The van der Waals surface area contributed by atoms with E-state index in [0.717, 1.165) is 17.8 Å². The van der Waals surface area contributed by atoms with E-state index in [1.165, 1.54) is 19.4 Å². The van der Waals surface area contributed by atoms with Gasteiger partial charge >= 0.3 is 0 Å². The lowest BCUT2D eigenvalue weighted by molar-refractivity contribution is 0.0355. The fourth-order valence-electron chi connectivity index (χ4n) is 3.60. The van der Waals surface area contributed by atoms with Crippen LogP contribution in [-0.4, -0.2) is 25.7 Å². The van der Waals surface area contributed by atoms with Gasteiger partial charge in [0.1, 0.15) is 0 Å². The summed E-state index contributed by atoms with van der Waals surface area (Å²) < 4.78 is 0. The molecule has 0 aromatic carbocycles. The maximum Gasteiger partial charge on any atom is 0.0572 e. The van der Waals surface area contributed by atoms with Crippen molar-refractivity contribution in [2.75, 3.05) is 13.7 Å². The average Bonchev–Trinajstić information content (AvgIpc) is 2.61. The molecule has 2 aliphatic carbocycles. The molecule has 0 radical (unpaired) electrons. The maximum absolute atomic E-state index is 5.04. The number of hydrogen-bond acceptors (Lipinski definition) is 3. The molecule has 3 heteroatoms. The number of hydroxylamine groups is 1. The Morgan fingerprint density at radius 1 is 1.33 bits per heavy atom. The van der Waals surface area contributed by atoms with Crippen LogP contribution in [0.15, 0.2) is 0 Å². The molecule has 2 bridgehead atoms. The molecule has 3 nitrogen and oxygen atoms in total. The van der Waals surface area contributed by atoms with Gasteiger partial charge in [-0.25, -0.2) is 0 Å². The van der Waals surface area contributed by atoms with Gasteiger partial charge in [-0.3, -0.25) is 0 Å². The first-order chi connectivity index (χ1) is 5.90. The van der Waals surface area contributed by atoms with Crippen LogP contribution < -0.4 is 10.8 Å². The van der Waals surface area contributed by atoms with E-state index in [2.05, 4.69) is 10.8 Å². The average molecular weight is 168 g/mol. The van der Waals surface area contributed by atoms with Crippen molar-refractivity contribution in [2.24, 2.45) is 17.8 Å². The van der Waals surface area contributed by atoms with Gasteiger partial charge in [0.05, 0.1) is 13.2 Å². The Bertz CT molecular complexity index is 195. The summed E-state index contributed by atoms with van der Waals surface area (Å²) in [6, 6.07) is 1.28. The quantitative estimate of drug-likeness (QED) is 0.575. The SMILES string of the molecule is CONC1C2CC3CNC1C3C2. The van der Waals surface area contributed by atoms with Gasteiger partial charge in [-0.05, 0) is 37.1 Å². The van der Waals surface area contributed by atoms with Crippen LogP contribution in [-0.2, 0) is 4.84 Å². The van der Waals surface area contributed by atoms with Crippen molar-refractivity contribution in [1.82, 2.24) is 10.8 Å². The molecule has 5 atom stereocenters. The standard InChI is InChI=1S/C9H16N2O/c1-12-11-8-5-2-6-4-10-9(8)7(6)3-5/h5-11H,2-4H2,1H3. The summed E-state index contributed by atoms with van der Waals surface area (Å²) in [7, 11) is 1.72. The summed E-state index contributed by atoms with van der Waals surface area (Å²) in [5, 5.41) is 3.60. The van der Waals surface area contributed by atoms with Crippen LogP contribution >= 0.6 is 0 Å². The van der Waals surface area contributed by atoms with Crippen LogP contribution in [0, 0.1) is 17.8 Å². The summed E-state index contributed by atoms with van der Waals surface area (Å²) in [6.07, 6.45) is 2.83. The molecule has 5 unspecified atom stereocenters. The van der Waals surface area contributed by atoms with Crippen LogP contribution in [0.25, 0.3) is 0 Å². The second kappa shape index (κ2) is 2.44. The highest BCUT2D eigenvalue weighted by Crippen LogP contribution is 2.51. The van der Waals surface area contributed by atoms with E-state index < -0.39 is 0 Å². The number of fused-ring (bicyclic) bond motifs is 1. The summed E-state index contributed by atoms with van der Waals surface area (Å²) in [5.74, 6) is 2.80. The Morgan fingerprint density at radius 3 is 3.08 bits per heavy atom. The first kappa shape index (κ1) is 7.30. The maximum atomic E-state index is 5.04. The van der Waals surface area contributed by atoms with Crippen molar-refractivity contribution in [3.63, 3.8) is 0 Å². The molecule has 2 N–H and O–H groups in total. The van der Waals surface area contributed by atoms with Gasteiger partial charge < -0.3 is 10.2 Å². The minimum atomic E-state index is 0.582. The summed E-state index contributed by atoms with van der Waals surface area (Å²) in [5.41, 5.74) is 3.14. The molecule has 1 aliphatic heterocycles. The van der Waals surface area contributed by atoms with Crippen molar-refractivity contribution in [2.45, 2.75) is 24.9 Å².